The van der Waals surface area contributed by atoms with E-state index in [2.05, 4.69) is 0 Å². The van der Waals surface area contributed by atoms with E-state index >= 15 is 0 Å². The summed E-state index contributed by atoms with van der Waals surface area (Å²) in [5.74, 6) is -2.32. The lowest BCUT2D eigenvalue weighted by atomic mass is 10.1. The van der Waals surface area contributed by atoms with Crippen molar-refractivity contribution in [3.63, 3.8) is 0 Å². The lowest BCUT2D eigenvalue weighted by molar-refractivity contribution is -0.131. The van der Waals surface area contributed by atoms with Crippen molar-refractivity contribution < 1.29 is 19.5 Å². The van der Waals surface area contributed by atoms with Crippen LogP contribution in [0.1, 0.15) is 0 Å². The number of aliphatic carboxylic acids is 1. The molecule has 0 heterocycles. The van der Waals surface area contributed by atoms with E-state index in [0.29, 0.717) is 5.57 Å². The Labute approximate surface area is 73.9 Å². The van der Waals surface area contributed by atoms with Crippen molar-refractivity contribution in [1.29, 1.82) is 0 Å². The van der Waals surface area contributed by atoms with E-state index in [1.807, 2.05) is 0 Å². The van der Waals surface area contributed by atoms with Gasteiger partial charge < -0.3 is 5.11 Å². The fourth-order valence-corrected chi connectivity index (χ4v) is 0.796. The molecular weight excluding hydrogens is 172 g/mol. The molecule has 1 aliphatic rings. The van der Waals surface area contributed by atoms with Crippen molar-refractivity contribution in [2.75, 3.05) is 0 Å². The Kier molecular flexibility index (Phi) is 2.54. The highest BCUT2D eigenvalue weighted by atomic mass is 16.4. The minimum atomic E-state index is -1.10. The average Bonchev–Trinajstić information content (AvgIpc) is 2.07. The van der Waals surface area contributed by atoms with Gasteiger partial charge >= 0.3 is 5.97 Å². The fraction of sp³-hybridized carbons (Fsp3) is 0. The summed E-state index contributed by atoms with van der Waals surface area (Å²) in [4.78, 5) is 31.5. The van der Waals surface area contributed by atoms with Gasteiger partial charge in [0.15, 0.2) is 0 Å². The predicted octanol–water partition coefficient (Wildman–Crippen LogP) is 0.262. The summed E-state index contributed by atoms with van der Waals surface area (Å²) in [5.41, 5.74) is 0.409. The number of allylic oxidation sites excluding steroid dienone is 5. The van der Waals surface area contributed by atoms with Crippen LogP contribution in [0.4, 0.5) is 0 Å². The topological polar surface area (TPSA) is 71.4 Å². The molecule has 0 aromatic heterocycles. The van der Waals surface area contributed by atoms with Crippen LogP contribution in [-0.2, 0) is 14.4 Å². The maximum Gasteiger partial charge on any atom is 0.328 e. The average molecular weight is 178 g/mol. The zero-order chi connectivity index (χ0) is 9.84. The van der Waals surface area contributed by atoms with Gasteiger partial charge in [-0.3, -0.25) is 9.59 Å². The molecule has 0 atom stereocenters. The Hall–Kier alpha value is -1.97. The summed E-state index contributed by atoms with van der Waals surface area (Å²) in [6, 6.07) is 0. The Morgan fingerprint density at radius 2 is 1.92 bits per heavy atom. The SMILES string of the molecule is O=C(O)/C=C\C1=CC(=O)C(=O)C=C1. The molecule has 0 saturated heterocycles. The summed E-state index contributed by atoms with van der Waals surface area (Å²) >= 11 is 0. The fourth-order valence-electron chi connectivity index (χ4n) is 0.796. The van der Waals surface area contributed by atoms with Gasteiger partial charge in [0.2, 0.25) is 11.6 Å². The minimum absolute atomic E-state index is 0.409. The summed E-state index contributed by atoms with van der Waals surface area (Å²) in [5, 5.41) is 8.27. The van der Waals surface area contributed by atoms with Crippen molar-refractivity contribution >= 4 is 17.5 Å². The highest BCUT2D eigenvalue weighted by Crippen LogP contribution is 2.05. The zero-order valence-electron chi connectivity index (χ0n) is 6.56. The van der Waals surface area contributed by atoms with E-state index < -0.39 is 17.5 Å². The molecule has 13 heavy (non-hydrogen) atoms. The third-order valence-electron chi connectivity index (χ3n) is 1.39. The first-order chi connectivity index (χ1) is 6.09. The molecule has 0 fully saturated rings. The van der Waals surface area contributed by atoms with E-state index in [-0.39, 0.29) is 0 Å². The van der Waals surface area contributed by atoms with E-state index in [4.69, 9.17) is 5.11 Å². The third-order valence-corrected chi connectivity index (χ3v) is 1.39. The number of rotatable bonds is 2. The molecule has 0 aromatic carbocycles. The highest BCUT2D eigenvalue weighted by molar-refractivity contribution is 6.46. The molecule has 1 N–H and O–H groups in total. The molecule has 0 bridgehead atoms. The quantitative estimate of drug-likeness (QED) is 0.374. The lowest BCUT2D eigenvalue weighted by Gasteiger charge is -1.98. The molecule has 0 aliphatic heterocycles. The number of ketones is 2. The second-order valence-electron chi connectivity index (χ2n) is 2.38. The molecule has 0 radical (unpaired) electrons. The second-order valence-corrected chi connectivity index (χ2v) is 2.38. The first-order valence-corrected chi connectivity index (χ1v) is 3.48. The molecule has 0 saturated carbocycles. The summed E-state index contributed by atoms with van der Waals surface area (Å²) in [6.07, 6.45) is 5.76. The monoisotopic (exact) mass is 178 g/mol. The Balaban J connectivity index is 2.80. The molecule has 1 rings (SSSR count). The maximum absolute atomic E-state index is 10.8. The molecule has 0 aromatic rings. The molecule has 66 valence electrons. The van der Waals surface area contributed by atoms with Crippen LogP contribution in [0.15, 0.2) is 36.0 Å². The van der Waals surface area contributed by atoms with Crippen LogP contribution in [0.3, 0.4) is 0 Å². The third kappa shape index (κ3) is 2.52. The van der Waals surface area contributed by atoms with Gasteiger partial charge in [0.05, 0.1) is 0 Å². The van der Waals surface area contributed by atoms with E-state index in [1.165, 1.54) is 12.2 Å². The van der Waals surface area contributed by atoms with Gasteiger partial charge in [0.25, 0.3) is 0 Å². The van der Waals surface area contributed by atoms with E-state index in [0.717, 1.165) is 18.2 Å². The summed E-state index contributed by atoms with van der Waals surface area (Å²) in [7, 11) is 0. The zero-order valence-corrected chi connectivity index (χ0v) is 6.56. The molecule has 4 nitrogen and oxygen atoms in total. The number of hydrogen-bond acceptors (Lipinski definition) is 3. The normalized spacial score (nSPS) is 16.5. The largest absolute Gasteiger partial charge is 0.478 e. The standard InChI is InChI=1S/C9H6O4/c10-7-3-1-6(5-8(7)11)2-4-9(12)13/h1-5H,(H,12,13)/b4-2-. The minimum Gasteiger partial charge on any atom is -0.478 e. The number of carbonyl (C=O) groups excluding carboxylic acids is 2. The van der Waals surface area contributed by atoms with Crippen molar-refractivity contribution in [2.45, 2.75) is 0 Å². The van der Waals surface area contributed by atoms with Gasteiger partial charge in [-0.05, 0) is 23.8 Å². The molecule has 0 amide bonds. The molecular formula is C9H6O4. The molecule has 0 spiro atoms. The highest BCUT2D eigenvalue weighted by Gasteiger charge is 2.11. The van der Waals surface area contributed by atoms with Crippen LogP contribution in [-0.4, -0.2) is 22.6 Å². The number of carboxylic acids is 1. The Bertz CT molecular complexity index is 358. The van der Waals surface area contributed by atoms with Gasteiger partial charge in [-0.25, -0.2) is 4.79 Å². The smallest absolute Gasteiger partial charge is 0.328 e. The first-order valence-electron chi connectivity index (χ1n) is 3.48. The number of hydrogen-bond donors (Lipinski definition) is 1. The van der Waals surface area contributed by atoms with Gasteiger partial charge in [-0.2, -0.15) is 0 Å². The molecule has 4 heteroatoms. The van der Waals surface area contributed by atoms with Crippen LogP contribution in [0.2, 0.25) is 0 Å². The van der Waals surface area contributed by atoms with Crippen LogP contribution in [0.25, 0.3) is 0 Å². The van der Waals surface area contributed by atoms with Gasteiger partial charge in [-0.1, -0.05) is 6.08 Å². The Morgan fingerprint density at radius 3 is 2.46 bits per heavy atom. The predicted molar refractivity (Wildman–Crippen MR) is 44.0 cm³/mol. The van der Waals surface area contributed by atoms with Crippen molar-refractivity contribution in [1.82, 2.24) is 0 Å². The first kappa shape index (κ1) is 9.12. The van der Waals surface area contributed by atoms with Crippen LogP contribution in [0, 0.1) is 0 Å². The molecule has 0 unspecified atom stereocenters. The Morgan fingerprint density at radius 1 is 1.23 bits per heavy atom. The van der Waals surface area contributed by atoms with Crippen molar-refractivity contribution in [3.05, 3.63) is 36.0 Å². The lowest BCUT2D eigenvalue weighted by Crippen LogP contribution is -2.11. The summed E-state index contributed by atoms with van der Waals surface area (Å²) < 4.78 is 0. The second kappa shape index (κ2) is 3.62. The number of carboxylic acid groups (broad SMARTS) is 1. The van der Waals surface area contributed by atoms with Gasteiger partial charge in [0, 0.05) is 6.08 Å². The van der Waals surface area contributed by atoms with Crippen LogP contribution >= 0.6 is 0 Å². The van der Waals surface area contributed by atoms with Crippen LogP contribution < -0.4 is 0 Å². The van der Waals surface area contributed by atoms with E-state index in [9.17, 15) is 14.4 Å². The van der Waals surface area contributed by atoms with E-state index in [1.54, 1.807) is 0 Å². The van der Waals surface area contributed by atoms with Crippen LogP contribution in [0.5, 0.6) is 0 Å². The number of carbonyl (C=O) groups is 3. The van der Waals surface area contributed by atoms with Gasteiger partial charge in [-0.15, -0.1) is 0 Å². The molecule has 1 aliphatic carbocycles. The summed E-state index contributed by atoms with van der Waals surface area (Å²) in [6.45, 7) is 0. The van der Waals surface area contributed by atoms with Crippen molar-refractivity contribution in [2.24, 2.45) is 0 Å². The maximum atomic E-state index is 10.8. The van der Waals surface area contributed by atoms with Gasteiger partial charge in [0.1, 0.15) is 0 Å². The van der Waals surface area contributed by atoms with Crippen molar-refractivity contribution in [3.8, 4) is 0 Å².